The summed E-state index contributed by atoms with van der Waals surface area (Å²) in [5, 5.41) is 0.612. The van der Waals surface area contributed by atoms with Crippen molar-refractivity contribution >= 4 is 27.7 Å². The van der Waals surface area contributed by atoms with Crippen LogP contribution in [0.25, 0.3) is 66.8 Å². The van der Waals surface area contributed by atoms with E-state index in [4.69, 9.17) is 4.98 Å². The Morgan fingerprint density at radius 3 is 1.57 bits per heavy atom. The maximum Gasteiger partial charge on any atom is 0.267 e. The topological polar surface area (TPSA) is 39.3 Å². The summed E-state index contributed by atoms with van der Waals surface area (Å²) in [5.74, 6) is 0.602. The molecule has 42 heavy (non-hydrogen) atoms. The molecular formula is C38H25N3O. The molecule has 0 saturated heterocycles. The average molecular weight is 540 g/mol. The third kappa shape index (κ3) is 3.93. The third-order valence-electron chi connectivity index (χ3n) is 7.93. The molecule has 0 aliphatic rings. The first-order valence-corrected chi connectivity index (χ1v) is 14.0. The number of nitrogens with zero attached hydrogens (tertiary/aromatic N) is 3. The maximum atomic E-state index is 13.6. The standard InChI is InChI=1S/C38H25N3O/c42-37-33-15-7-8-16-34(33)39-38-40(35-17-9-10-18-36(35)41(37)38)32-21-19-28(20-22-32)31-24-29(26-11-3-1-4-12-26)23-30(25-31)27-13-5-2-6-14-27/h1-25H. The molecule has 0 bridgehead atoms. The van der Waals surface area contributed by atoms with E-state index in [1.54, 1.807) is 4.40 Å². The van der Waals surface area contributed by atoms with E-state index in [0.717, 1.165) is 27.8 Å². The highest BCUT2D eigenvalue weighted by Crippen LogP contribution is 2.34. The zero-order valence-electron chi connectivity index (χ0n) is 22.7. The van der Waals surface area contributed by atoms with Gasteiger partial charge in [0.2, 0.25) is 5.78 Å². The van der Waals surface area contributed by atoms with Gasteiger partial charge in [-0.3, -0.25) is 9.36 Å². The molecule has 0 saturated carbocycles. The van der Waals surface area contributed by atoms with Crippen LogP contribution in [0.15, 0.2) is 156 Å². The molecule has 0 unspecified atom stereocenters. The van der Waals surface area contributed by atoms with Gasteiger partial charge in [0.1, 0.15) is 0 Å². The quantitative estimate of drug-likeness (QED) is 0.224. The van der Waals surface area contributed by atoms with E-state index in [1.807, 2.05) is 60.7 Å². The van der Waals surface area contributed by atoms with E-state index in [0.29, 0.717) is 16.7 Å². The lowest BCUT2D eigenvalue weighted by atomic mass is 9.93. The fourth-order valence-electron chi connectivity index (χ4n) is 5.88. The van der Waals surface area contributed by atoms with E-state index in [2.05, 4.69) is 95.6 Å². The van der Waals surface area contributed by atoms with E-state index < -0.39 is 0 Å². The lowest BCUT2D eigenvalue weighted by Crippen LogP contribution is -2.15. The molecule has 0 radical (unpaired) electrons. The summed E-state index contributed by atoms with van der Waals surface area (Å²) in [7, 11) is 0. The zero-order valence-corrected chi connectivity index (χ0v) is 22.7. The highest BCUT2D eigenvalue weighted by Gasteiger charge is 2.17. The summed E-state index contributed by atoms with van der Waals surface area (Å²) in [4.78, 5) is 18.5. The Hall–Kier alpha value is -5.74. The Bertz CT molecular complexity index is 2240. The highest BCUT2D eigenvalue weighted by atomic mass is 16.1. The summed E-state index contributed by atoms with van der Waals surface area (Å²) in [6, 6.07) is 51.8. The van der Waals surface area contributed by atoms with E-state index in [9.17, 15) is 4.79 Å². The molecule has 2 aromatic heterocycles. The summed E-state index contributed by atoms with van der Waals surface area (Å²) < 4.78 is 3.80. The monoisotopic (exact) mass is 539 g/mol. The van der Waals surface area contributed by atoms with Gasteiger partial charge in [0, 0.05) is 5.69 Å². The number of fused-ring (bicyclic) bond motifs is 4. The van der Waals surface area contributed by atoms with Crippen molar-refractivity contribution in [3.8, 4) is 39.1 Å². The molecule has 0 spiro atoms. The van der Waals surface area contributed by atoms with Gasteiger partial charge in [0.15, 0.2) is 0 Å². The van der Waals surface area contributed by atoms with E-state index in [-0.39, 0.29) is 5.56 Å². The summed E-state index contributed by atoms with van der Waals surface area (Å²) >= 11 is 0. The first kappa shape index (κ1) is 24.1. The van der Waals surface area contributed by atoms with Gasteiger partial charge in [0.05, 0.1) is 21.9 Å². The second-order valence-electron chi connectivity index (χ2n) is 10.5. The molecule has 0 aliphatic heterocycles. The summed E-state index contributed by atoms with van der Waals surface area (Å²) in [6.07, 6.45) is 0. The molecule has 4 nitrogen and oxygen atoms in total. The molecule has 8 aromatic rings. The van der Waals surface area contributed by atoms with Crippen LogP contribution in [0, 0.1) is 0 Å². The molecule has 4 heteroatoms. The normalized spacial score (nSPS) is 11.4. The minimum Gasteiger partial charge on any atom is -0.278 e. The van der Waals surface area contributed by atoms with Crippen LogP contribution in [0.2, 0.25) is 0 Å². The predicted octanol–water partition coefficient (Wildman–Crippen LogP) is 8.79. The Morgan fingerprint density at radius 1 is 0.452 bits per heavy atom. The van der Waals surface area contributed by atoms with Crippen molar-refractivity contribution in [3.05, 3.63) is 162 Å². The van der Waals surface area contributed by atoms with Gasteiger partial charge in [0.25, 0.3) is 5.56 Å². The number of para-hydroxylation sites is 3. The Morgan fingerprint density at radius 2 is 0.952 bits per heavy atom. The van der Waals surface area contributed by atoms with Crippen molar-refractivity contribution in [2.24, 2.45) is 0 Å². The predicted molar refractivity (Wildman–Crippen MR) is 172 cm³/mol. The van der Waals surface area contributed by atoms with Crippen LogP contribution in [0.3, 0.4) is 0 Å². The Kier molecular flexibility index (Phi) is 5.57. The van der Waals surface area contributed by atoms with Crippen LogP contribution in [0.5, 0.6) is 0 Å². The summed E-state index contributed by atoms with van der Waals surface area (Å²) in [6.45, 7) is 0. The van der Waals surface area contributed by atoms with Crippen LogP contribution in [-0.2, 0) is 0 Å². The minimum atomic E-state index is -0.0617. The second kappa shape index (κ2) is 9.72. The van der Waals surface area contributed by atoms with Gasteiger partial charge in [-0.1, -0.05) is 97.1 Å². The fourth-order valence-corrected chi connectivity index (χ4v) is 5.88. The molecule has 6 aromatic carbocycles. The molecule has 0 fully saturated rings. The van der Waals surface area contributed by atoms with Crippen molar-refractivity contribution in [2.75, 3.05) is 0 Å². The van der Waals surface area contributed by atoms with Crippen LogP contribution < -0.4 is 5.56 Å². The average Bonchev–Trinajstić information content (AvgIpc) is 3.40. The summed E-state index contributed by atoms with van der Waals surface area (Å²) in [5.41, 5.74) is 10.3. The smallest absolute Gasteiger partial charge is 0.267 e. The van der Waals surface area contributed by atoms with Crippen LogP contribution in [0.1, 0.15) is 0 Å². The van der Waals surface area contributed by atoms with Gasteiger partial charge in [-0.05, 0) is 88.0 Å². The molecular weight excluding hydrogens is 514 g/mol. The van der Waals surface area contributed by atoms with Gasteiger partial charge < -0.3 is 0 Å². The molecule has 198 valence electrons. The van der Waals surface area contributed by atoms with Crippen LogP contribution in [-0.4, -0.2) is 14.0 Å². The number of rotatable bonds is 4. The fraction of sp³-hybridized carbons (Fsp3) is 0. The van der Waals surface area contributed by atoms with Gasteiger partial charge in [-0.15, -0.1) is 0 Å². The van der Waals surface area contributed by atoms with Crippen LogP contribution >= 0.6 is 0 Å². The molecule has 0 N–H and O–H groups in total. The number of hydrogen-bond donors (Lipinski definition) is 0. The molecule has 0 atom stereocenters. The number of benzene rings is 6. The van der Waals surface area contributed by atoms with E-state index >= 15 is 0 Å². The molecule has 8 rings (SSSR count). The lowest BCUT2D eigenvalue weighted by Gasteiger charge is -2.12. The molecule has 2 heterocycles. The number of imidazole rings is 1. The third-order valence-corrected chi connectivity index (χ3v) is 7.93. The van der Waals surface area contributed by atoms with Crippen molar-refractivity contribution in [2.45, 2.75) is 0 Å². The highest BCUT2D eigenvalue weighted by molar-refractivity contribution is 5.88. The second-order valence-corrected chi connectivity index (χ2v) is 10.5. The minimum absolute atomic E-state index is 0.0617. The van der Waals surface area contributed by atoms with Crippen molar-refractivity contribution < 1.29 is 0 Å². The largest absolute Gasteiger partial charge is 0.278 e. The zero-order chi connectivity index (χ0) is 28.0. The van der Waals surface area contributed by atoms with Crippen molar-refractivity contribution in [3.63, 3.8) is 0 Å². The first-order valence-electron chi connectivity index (χ1n) is 14.0. The lowest BCUT2D eigenvalue weighted by molar-refractivity contribution is 1.05. The maximum absolute atomic E-state index is 13.6. The Balaban J connectivity index is 1.30. The SMILES string of the molecule is O=c1c2ccccc2nc2n(-c3ccc(-c4cc(-c5ccccc5)cc(-c5ccccc5)c4)cc3)c3ccccc3n12. The van der Waals surface area contributed by atoms with Crippen LogP contribution in [0.4, 0.5) is 0 Å². The molecule has 0 aliphatic carbocycles. The Labute approximate surface area is 242 Å². The van der Waals surface area contributed by atoms with Gasteiger partial charge in [-0.2, -0.15) is 0 Å². The van der Waals surface area contributed by atoms with E-state index in [1.165, 1.54) is 22.3 Å². The van der Waals surface area contributed by atoms with Gasteiger partial charge >= 0.3 is 0 Å². The first-order chi connectivity index (χ1) is 20.7. The van der Waals surface area contributed by atoms with Crippen molar-refractivity contribution in [1.29, 1.82) is 0 Å². The van der Waals surface area contributed by atoms with Gasteiger partial charge in [-0.25, -0.2) is 9.38 Å². The molecule has 0 amide bonds. The van der Waals surface area contributed by atoms with Crippen molar-refractivity contribution in [1.82, 2.24) is 14.0 Å². The number of hydrogen-bond acceptors (Lipinski definition) is 2. The number of aromatic nitrogens is 3.